The predicted octanol–water partition coefficient (Wildman–Crippen LogP) is 14.6. The fourth-order valence-electron chi connectivity index (χ4n) is 9.67. The van der Waals surface area contributed by atoms with Gasteiger partial charge in [-0.25, -0.2) is 4.98 Å². The van der Waals surface area contributed by atoms with Crippen LogP contribution in [0.2, 0.25) is 0 Å². The Morgan fingerprint density at radius 1 is 0.692 bits per heavy atom. The van der Waals surface area contributed by atoms with Crippen LogP contribution in [0.25, 0.3) is 28.2 Å². The van der Waals surface area contributed by atoms with Crippen molar-refractivity contribution in [2.75, 3.05) is 0 Å². The monoisotopic (exact) mass is 701 g/mol. The Labute approximate surface area is 319 Å². The molecule has 1 atom stereocenters. The van der Waals surface area contributed by atoms with Gasteiger partial charge in [0, 0.05) is 17.5 Å². The van der Waals surface area contributed by atoms with E-state index in [9.17, 15) is 0 Å². The zero-order valence-electron chi connectivity index (χ0n) is 35.9. The molecule has 282 valence electrons. The SMILES string of the molecule is CCCCC(CC)Cc1cnc(-c2ccc3c(c2)-c2ccccc2C3)n1-c1c(C(C)(C)CC(C)(C)C)cc(C(C)(C)C)cc1C(C)(C)CC(C)(C)C. The third-order valence-electron chi connectivity index (χ3n) is 11.5. The molecule has 4 aromatic rings. The molecule has 0 saturated heterocycles. The van der Waals surface area contributed by atoms with Crippen LogP contribution in [0, 0.1) is 16.7 Å². The van der Waals surface area contributed by atoms with Crippen molar-refractivity contribution in [1.29, 1.82) is 0 Å². The van der Waals surface area contributed by atoms with Crippen LogP contribution in [0.4, 0.5) is 0 Å². The predicted molar refractivity (Wildman–Crippen MR) is 227 cm³/mol. The summed E-state index contributed by atoms with van der Waals surface area (Å²) in [7, 11) is 0. The second kappa shape index (κ2) is 14.6. The van der Waals surface area contributed by atoms with Gasteiger partial charge in [-0.3, -0.25) is 4.57 Å². The van der Waals surface area contributed by atoms with E-state index in [1.807, 2.05) is 0 Å². The molecular weight excluding hydrogens is 629 g/mol. The number of unbranched alkanes of at least 4 members (excludes halogenated alkanes) is 1. The largest absolute Gasteiger partial charge is 0.296 e. The van der Waals surface area contributed by atoms with E-state index in [1.54, 1.807) is 0 Å². The van der Waals surface area contributed by atoms with Gasteiger partial charge < -0.3 is 0 Å². The van der Waals surface area contributed by atoms with Gasteiger partial charge in [-0.1, -0.05) is 178 Å². The lowest BCUT2D eigenvalue weighted by Gasteiger charge is -2.41. The second-order valence-electron chi connectivity index (χ2n) is 21.1. The Balaban J connectivity index is 1.91. The summed E-state index contributed by atoms with van der Waals surface area (Å²) in [5.74, 6) is 1.71. The van der Waals surface area contributed by atoms with Crippen molar-refractivity contribution in [3.8, 4) is 28.2 Å². The first-order chi connectivity index (χ1) is 24.0. The lowest BCUT2D eigenvalue weighted by molar-refractivity contribution is 0.277. The van der Waals surface area contributed by atoms with Crippen molar-refractivity contribution < 1.29 is 0 Å². The molecule has 52 heavy (non-hydrogen) atoms. The van der Waals surface area contributed by atoms with Gasteiger partial charge in [0.05, 0.1) is 5.69 Å². The van der Waals surface area contributed by atoms with Crippen molar-refractivity contribution in [3.05, 3.63) is 94.3 Å². The number of fused-ring (bicyclic) bond motifs is 3. The van der Waals surface area contributed by atoms with Gasteiger partial charge in [0.1, 0.15) is 5.82 Å². The van der Waals surface area contributed by atoms with E-state index >= 15 is 0 Å². The summed E-state index contributed by atoms with van der Waals surface area (Å²) in [6.07, 6.45) is 11.4. The highest BCUT2D eigenvalue weighted by atomic mass is 15.1. The molecule has 0 N–H and O–H groups in total. The maximum atomic E-state index is 5.44. The summed E-state index contributed by atoms with van der Waals surface area (Å²) in [6.45, 7) is 36.3. The first kappa shape index (κ1) is 40.1. The molecule has 1 unspecified atom stereocenters. The Morgan fingerprint density at radius 2 is 1.27 bits per heavy atom. The van der Waals surface area contributed by atoms with Crippen LogP contribution in [-0.4, -0.2) is 9.55 Å². The molecule has 1 aromatic heterocycles. The number of imidazole rings is 1. The van der Waals surface area contributed by atoms with Crippen LogP contribution in [0.15, 0.2) is 60.8 Å². The van der Waals surface area contributed by atoms with Crippen molar-refractivity contribution in [3.63, 3.8) is 0 Å². The van der Waals surface area contributed by atoms with Gasteiger partial charge in [-0.2, -0.15) is 0 Å². The Bertz CT molecular complexity index is 1810. The van der Waals surface area contributed by atoms with E-state index < -0.39 is 0 Å². The average Bonchev–Trinajstić information content (AvgIpc) is 3.60. The summed E-state index contributed by atoms with van der Waals surface area (Å²) in [5.41, 5.74) is 14.1. The molecule has 2 nitrogen and oxygen atoms in total. The summed E-state index contributed by atoms with van der Waals surface area (Å²) in [4.78, 5) is 5.44. The van der Waals surface area contributed by atoms with Gasteiger partial charge in [0.15, 0.2) is 0 Å². The van der Waals surface area contributed by atoms with E-state index in [0.29, 0.717) is 5.92 Å². The zero-order chi connectivity index (χ0) is 38.4. The quantitative estimate of drug-likeness (QED) is 0.127. The average molecular weight is 701 g/mol. The van der Waals surface area contributed by atoms with E-state index in [4.69, 9.17) is 4.98 Å². The molecule has 1 heterocycles. The molecule has 0 amide bonds. The summed E-state index contributed by atoms with van der Waals surface area (Å²) < 4.78 is 2.67. The zero-order valence-corrected chi connectivity index (χ0v) is 35.9. The van der Waals surface area contributed by atoms with Gasteiger partial charge in [-0.05, 0) is 104 Å². The lowest BCUT2D eigenvalue weighted by atomic mass is 9.66. The fourth-order valence-corrected chi connectivity index (χ4v) is 9.67. The van der Waals surface area contributed by atoms with Crippen LogP contribution in [-0.2, 0) is 29.1 Å². The molecule has 0 radical (unpaired) electrons. The van der Waals surface area contributed by atoms with E-state index in [-0.39, 0.29) is 27.1 Å². The minimum atomic E-state index is -0.0799. The molecule has 1 aliphatic carbocycles. The number of nitrogens with zero attached hydrogens (tertiary/aromatic N) is 2. The van der Waals surface area contributed by atoms with Crippen LogP contribution in [0.1, 0.15) is 176 Å². The van der Waals surface area contributed by atoms with Gasteiger partial charge in [0.2, 0.25) is 0 Å². The van der Waals surface area contributed by atoms with Crippen molar-refractivity contribution >= 4 is 0 Å². The minimum absolute atomic E-state index is 0.0130. The lowest BCUT2D eigenvalue weighted by Crippen LogP contribution is -2.32. The molecular formula is C50H72N2. The Kier molecular flexibility index (Phi) is 11.2. The van der Waals surface area contributed by atoms with Gasteiger partial charge >= 0.3 is 0 Å². The fraction of sp³-hybridized carbons (Fsp3) is 0.580. The molecule has 5 rings (SSSR count). The smallest absolute Gasteiger partial charge is 0.144 e. The minimum Gasteiger partial charge on any atom is -0.296 e. The second-order valence-corrected chi connectivity index (χ2v) is 21.1. The number of hydrogen-bond donors (Lipinski definition) is 0. The standard InChI is InChI=1S/C50H72N2/c1-16-18-21-34(17-2)26-39-31-51-45(37-25-24-36-27-35-22-19-20-23-40(35)41(36)28-37)52(39)44-42(49(12,13)32-46(3,4)5)29-38(48(9,10)11)30-43(44)50(14,15)33-47(6,7)8/h19-20,22-25,28-31,34H,16-18,21,26-27,32-33H2,1-15H3. The molecule has 0 spiro atoms. The summed E-state index contributed by atoms with van der Waals surface area (Å²) in [5, 5.41) is 0. The summed E-state index contributed by atoms with van der Waals surface area (Å²) >= 11 is 0. The topological polar surface area (TPSA) is 17.8 Å². The molecule has 3 aromatic carbocycles. The highest BCUT2D eigenvalue weighted by Gasteiger charge is 2.38. The Morgan fingerprint density at radius 3 is 1.81 bits per heavy atom. The number of hydrogen-bond acceptors (Lipinski definition) is 1. The van der Waals surface area contributed by atoms with E-state index in [2.05, 4.69) is 169 Å². The third-order valence-corrected chi connectivity index (χ3v) is 11.5. The normalized spacial score (nSPS) is 14.4. The van der Waals surface area contributed by atoms with E-state index in [0.717, 1.165) is 31.5 Å². The number of aromatic nitrogens is 2. The maximum absolute atomic E-state index is 5.44. The number of benzene rings is 3. The van der Waals surface area contributed by atoms with Crippen molar-refractivity contribution in [2.45, 2.75) is 171 Å². The Hall–Kier alpha value is -3.13. The summed E-state index contributed by atoms with van der Waals surface area (Å²) in [6, 6.07) is 21.3. The number of rotatable bonds is 12. The molecule has 2 heteroatoms. The van der Waals surface area contributed by atoms with Crippen LogP contribution in [0.3, 0.4) is 0 Å². The molecule has 1 aliphatic rings. The van der Waals surface area contributed by atoms with Crippen molar-refractivity contribution in [2.24, 2.45) is 16.7 Å². The molecule has 0 bridgehead atoms. The highest BCUT2D eigenvalue weighted by molar-refractivity contribution is 5.81. The maximum Gasteiger partial charge on any atom is 0.144 e. The molecule has 0 fully saturated rings. The van der Waals surface area contributed by atoms with E-state index in [1.165, 1.54) is 81.6 Å². The first-order valence-corrected chi connectivity index (χ1v) is 20.5. The molecule has 0 saturated carbocycles. The van der Waals surface area contributed by atoms with Crippen LogP contribution < -0.4 is 0 Å². The molecule has 0 aliphatic heterocycles. The van der Waals surface area contributed by atoms with Crippen LogP contribution >= 0.6 is 0 Å². The van der Waals surface area contributed by atoms with Crippen LogP contribution in [0.5, 0.6) is 0 Å². The van der Waals surface area contributed by atoms with Gasteiger partial charge in [0.25, 0.3) is 0 Å². The van der Waals surface area contributed by atoms with Gasteiger partial charge in [-0.15, -0.1) is 0 Å². The highest BCUT2D eigenvalue weighted by Crippen LogP contribution is 2.49. The van der Waals surface area contributed by atoms with Crippen molar-refractivity contribution in [1.82, 2.24) is 9.55 Å². The third kappa shape index (κ3) is 8.80. The first-order valence-electron chi connectivity index (χ1n) is 20.5.